The maximum atomic E-state index is 11.1. The summed E-state index contributed by atoms with van der Waals surface area (Å²) in [5, 5.41) is 5.36. The quantitative estimate of drug-likeness (QED) is 0.652. The predicted molar refractivity (Wildman–Crippen MR) is 53.3 cm³/mol. The average Bonchev–Trinajstić information content (AvgIpc) is 2.55. The molecule has 0 radical (unpaired) electrons. The molecule has 0 spiro atoms. The fraction of sp³-hybridized carbons (Fsp3) is 0.333. The van der Waals surface area contributed by atoms with Gasteiger partial charge in [0, 0.05) is 12.4 Å². The van der Waals surface area contributed by atoms with Crippen molar-refractivity contribution >= 4 is 27.3 Å². The normalized spacial score (nSPS) is 11.0. The molecule has 0 amide bonds. The minimum atomic E-state index is 0.126. The Kier molecular flexibility index (Phi) is 1.73. The molecular weight excluding hydrogens is 184 g/mol. The number of aryl methyl sites for hydroxylation is 2. The van der Waals surface area contributed by atoms with Crippen LogP contribution in [0.5, 0.6) is 0 Å². The van der Waals surface area contributed by atoms with E-state index in [1.54, 1.807) is 6.92 Å². The van der Waals surface area contributed by atoms with Gasteiger partial charge in [-0.3, -0.25) is 9.48 Å². The molecule has 0 aliphatic heterocycles. The molecule has 0 aromatic carbocycles. The number of fused-ring (bicyclic) bond motifs is 1. The highest BCUT2D eigenvalue weighted by atomic mass is 32.1. The van der Waals surface area contributed by atoms with Gasteiger partial charge in [0.2, 0.25) is 0 Å². The van der Waals surface area contributed by atoms with Crippen LogP contribution in [0.2, 0.25) is 0 Å². The fourth-order valence-electron chi connectivity index (χ4n) is 1.38. The Morgan fingerprint density at radius 1 is 1.62 bits per heavy atom. The van der Waals surface area contributed by atoms with Gasteiger partial charge in [-0.1, -0.05) is 0 Å². The third-order valence-corrected chi connectivity index (χ3v) is 3.35. The SMILES string of the molecule is CC(=O)c1cc2c(C)nn(C)c2s1. The van der Waals surface area contributed by atoms with E-state index in [1.165, 1.54) is 11.3 Å². The number of hydrogen-bond donors (Lipinski definition) is 0. The zero-order valence-corrected chi connectivity index (χ0v) is 8.60. The third-order valence-electron chi connectivity index (χ3n) is 2.04. The van der Waals surface area contributed by atoms with E-state index in [0.29, 0.717) is 0 Å². The maximum Gasteiger partial charge on any atom is 0.169 e. The van der Waals surface area contributed by atoms with Gasteiger partial charge in [-0.25, -0.2) is 0 Å². The van der Waals surface area contributed by atoms with Gasteiger partial charge in [0.15, 0.2) is 5.78 Å². The van der Waals surface area contributed by atoms with E-state index in [-0.39, 0.29) is 5.78 Å². The number of aromatic nitrogens is 2. The number of carbonyl (C=O) groups excluding carboxylic acids is 1. The molecule has 3 nitrogen and oxygen atoms in total. The Morgan fingerprint density at radius 3 is 2.85 bits per heavy atom. The molecule has 0 unspecified atom stereocenters. The van der Waals surface area contributed by atoms with Crippen LogP contribution < -0.4 is 0 Å². The van der Waals surface area contributed by atoms with Crippen LogP contribution in [-0.4, -0.2) is 15.6 Å². The van der Waals surface area contributed by atoms with Gasteiger partial charge in [-0.15, -0.1) is 11.3 Å². The minimum Gasteiger partial charge on any atom is -0.294 e. The van der Waals surface area contributed by atoms with Crippen molar-refractivity contribution in [3.05, 3.63) is 16.6 Å². The van der Waals surface area contributed by atoms with Crippen molar-refractivity contribution in [3.8, 4) is 0 Å². The van der Waals surface area contributed by atoms with Gasteiger partial charge in [-0.05, 0) is 19.9 Å². The number of nitrogens with zero attached hydrogens (tertiary/aromatic N) is 2. The molecule has 13 heavy (non-hydrogen) atoms. The summed E-state index contributed by atoms with van der Waals surface area (Å²) in [6, 6.07) is 1.92. The number of carbonyl (C=O) groups is 1. The first-order valence-electron chi connectivity index (χ1n) is 4.03. The lowest BCUT2D eigenvalue weighted by atomic mass is 10.3. The van der Waals surface area contributed by atoms with E-state index in [9.17, 15) is 4.79 Å². The highest BCUT2D eigenvalue weighted by Crippen LogP contribution is 2.27. The van der Waals surface area contributed by atoms with Gasteiger partial charge >= 0.3 is 0 Å². The molecule has 2 aromatic heterocycles. The lowest BCUT2D eigenvalue weighted by Gasteiger charge is -1.87. The van der Waals surface area contributed by atoms with E-state index in [4.69, 9.17) is 0 Å². The molecule has 2 rings (SSSR count). The lowest BCUT2D eigenvalue weighted by Crippen LogP contribution is -1.89. The number of ketones is 1. The summed E-state index contributed by atoms with van der Waals surface area (Å²) in [5.74, 6) is 0.126. The number of thiophene rings is 1. The largest absolute Gasteiger partial charge is 0.294 e. The van der Waals surface area contributed by atoms with Crippen LogP contribution >= 0.6 is 11.3 Å². The van der Waals surface area contributed by atoms with Gasteiger partial charge < -0.3 is 0 Å². The zero-order chi connectivity index (χ0) is 9.59. The van der Waals surface area contributed by atoms with Crippen LogP contribution in [0.25, 0.3) is 10.2 Å². The van der Waals surface area contributed by atoms with Crippen LogP contribution in [-0.2, 0) is 7.05 Å². The first-order chi connectivity index (χ1) is 6.09. The Morgan fingerprint density at radius 2 is 2.31 bits per heavy atom. The van der Waals surface area contributed by atoms with Crippen LogP contribution in [0.3, 0.4) is 0 Å². The van der Waals surface area contributed by atoms with E-state index >= 15 is 0 Å². The second-order valence-corrected chi connectivity index (χ2v) is 4.13. The average molecular weight is 194 g/mol. The second kappa shape index (κ2) is 2.67. The third kappa shape index (κ3) is 1.18. The van der Waals surface area contributed by atoms with Gasteiger partial charge in [0.05, 0.1) is 10.6 Å². The van der Waals surface area contributed by atoms with Crippen molar-refractivity contribution in [2.45, 2.75) is 13.8 Å². The molecule has 0 N–H and O–H groups in total. The number of Topliss-reactive ketones (excluding diaryl/α,β-unsaturated/α-hetero) is 1. The molecular formula is C9H10N2OS. The Balaban J connectivity index is 2.76. The predicted octanol–water partition coefficient (Wildman–Crippen LogP) is 2.15. The molecule has 0 aliphatic carbocycles. The summed E-state index contributed by atoms with van der Waals surface area (Å²) in [7, 11) is 1.90. The Labute approximate surface area is 80.0 Å². The van der Waals surface area contributed by atoms with E-state index in [0.717, 1.165) is 20.8 Å². The van der Waals surface area contributed by atoms with Crippen LogP contribution in [0.4, 0.5) is 0 Å². The molecule has 0 atom stereocenters. The van der Waals surface area contributed by atoms with E-state index < -0.39 is 0 Å². The smallest absolute Gasteiger partial charge is 0.169 e. The first kappa shape index (κ1) is 8.44. The molecule has 0 bridgehead atoms. The van der Waals surface area contributed by atoms with Crippen molar-refractivity contribution in [2.75, 3.05) is 0 Å². The second-order valence-electron chi connectivity index (χ2n) is 3.09. The molecule has 0 fully saturated rings. The van der Waals surface area contributed by atoms with E-state index in [1.807, 2.05) is 24.7 Å². The monoisotopic (exact) mass is 194 g/mol. The van der Waals surface area contributed by atoms with Crippen molar-refractivity contribution in [3.63, 3.8) is 0 Å². The Hall–Kier alpha value is -1.16. The minimum absolute atomic E-state index is 0.126. The highest BCUT2D eigenvalue weighted by molar-refractivity contribution is 7.20. The maximum absolute atomic E-state index is 11.1. The number of hydrogen-bond acceptors (Lipinski definition) is 3. The van der Waals surface area contributed by atoms with Crippen LogP contribution in [0.15, 0.2) is 6.07 Å². The topological polar surface area (TPSA) is 34.9 Å². The summed E-state index contributed by atoms with van der Waals surface area (Å²) in [5.41, 5.74) is 0.987. The van der Waals surface area contributed by atoms with Gasteiger partial charge in [-0.2, -0.15) is 5.10 Å². The molecule has 2 heterocycles. The van der Waals surface area contributed by atoms with E-state index in [2.05, 4.69) is 5.10 Å². The van der Waals surface area contributed by atoms with Crippen molar-refractivity contribution in [2.24, 2.45) is 7.05 Å². The first-order valence-corrected chi connectivity index (χ1v) is 4.85. The molecule has 68 valence electrons. The summed E-state index contributed by atoms with van der Waals surface area (Å²) in [6.45, 7) is 3.55. The molecule has 4 heteroatoms. The summed E-state index contributed by atoms with van der Waals surface area (Å²) in [4.78, 5) is 13.0. The van der Waals surface area contributed by atoms with Gasteiger partial charge in [0.25, 0.3) is 0 Å². The standard InChI is InChI=1S/C9H10N2OS/c1-5-7-4-8(6(2)12)13-9(7)11(3)10-5/h4H,1-3H3. The van der Waals surface area contributed by atoms with Crippen LogP contribution in [0.1, 0.15) is 22.3 Å². The highest BCUT2D eigenvalue weighted by Gasteiger charge is 2.11. The molecule has 0 saturated carbocycles. The molecule has 0 saturated heterocycles. The van der Waals surface area contributed by atoms with Crippen molar-refractivity contribution in [1.29, 1.82) is 0 Å². The fourth-order valence-corrected chi connectivity index (χ4v) is 2.40. The van der Waals surface area contributed by atoms with Crippen molar-refractivity contribution in [1.82, 2.24) is 9.78 Å². The zero-order valence-electron chi connectivity index (χ0n) is 7.79. The van der Waals surface area contributed by atoms with Crippen molar-refractivity contribution < 1.29 is 4.79 Å². The Bertz CT molecular complexity index is 446. The molecule has 2 aromatic rings. The van der Waals surface area contributed by atoms with Gasteiger partial charge in [0.1, 0.15) is 4.83 Å². The summed E-state index contributed by atoms with van der Waals surface area (Å²) >= 11 is 1.50. The van der Waals surface area contributed by atoms with Crippen LogP contribution in [0, 0.1) is 6.92 Å². The summed E-state index contributed by atoms with van der Waals surface area (Å²) < 4.78 is 1.82. The number of rotatable bonds is 1. The molecule has 0 aliphatic rings. The summed E-state index contributed by atoms with van der Waals surface area (Å²) in [6.07, 6.45) is 0. The lowest BCUT2D eigenvalue weighted by molar-refractivity contribution is 0.102.